The summed E-state index contributed by atoms with van der Waals surface area (Å²) in [6.07, 6.45) is 0. The van der Waals surface area contributed by atoms with E-state index < -0.39 is 109 Å². The van der Waals surface area contributed by atoms with Crippen molar-refractivity contribution in [2.45, 2.75) is 78.6 Å². The third-order valence-corrected chi connectivity index (χ3v) is 67.7. The highest BCUT2D eigenvalue weighted by Gasteiger charge is 2.48. The second kappa shape index (κ2) is 14.9. The largest absolute Gasteiger partial charge is 0.558 e. The van der Waals surface area contributed by atoms with Crippen LogP contribution in [0, 0.1) is 0 Å². The predicted molar refractivity (Wildman–Crippen MR) is 161 cm³/mol. The molecule has 0 spiro atoms. The first kappa shape index (κ1) is 38.2. The van der Waals surface area contributed by atoms with E-state index in [0.29, 0.717) is 0 Å². The molecule has 0 bridgehead atoms. The molecule has 0 radical (unpaired) electrons. The molecule has 0 saturated heterocycles. The summed E-state index contributed by atoms with van der Waals surface area (Å²) in [6, 6.07) is 0. The van der Waals surface area contributed by atoms with Crippen LogP contribution < -0.4 is 0 Å². The quantitative estimate of drug-likeness (QED) is 0.172. The lowest BCUT2D eigenvalue weighted by atomic mass is 11.8. The van der Waals surface area contributed by atoms with E-state index in [0.717, 1.165) is 0 Å². The summed E-state index contributed by atoms with van der Waals surface area (Å²) >= 11 is 0. The van der Waals surface area contributed by atoms with Crippen LogP contribution in [0.3, 0.4) is 0 Å². The Morgan fingerprint density at radius 2 is 0.892 bits per heavy atom. The standard InChI is InChI=1S/C12H40O12Si13/c1-33(2,3)23-36(9,10)20-25-19-35(7,8)21-26-28(14)30(16)32(18)31(17)29(15)27(13)22-37(11,12)24-34(4,5)6/h25-26H2,1-12H3. The van der Waals surface area contributed by atoms with Gasteiger partial charge in [-0.25, -0.2) is 0 Å². The molecule has 0 aromatic carbocycles. The van der Waals surface area contributed by atoms with Gasteiger partial charge in [0, 0.05) is 0 Å². The van der Waals surface area contributed by atoms with Crippen molar-refractivity contribution in [3.05, 3.63) is 0 Å². The van der Waals surface area contributed by atoms with Gasteiger partial charge in [0.2, 0.25) is 9.28 Å². The lowest BCUT2D eigenvalue weighted by molar-refractivity contribution is 0.342. The third kappa shape index (κ3) is 16.9. The minimum absolute atomic E-state index is 1.43. The summed E-state index contributed by atoms with van der Waals surface area (Å²) in [4.78, 5) is 0. The molecular formula is C12H40O12Si13. The van der Waals surface area contributed by atoms with Gasteiger partial charge in [-0.3, -0.25) is 0 Å². The van der Waals surface area contributed by atoms with Gasteiger partial charge in [0.1, 0.15) is 0 Å². The smallest absolute Gasteiger partial charge is 0.533 e. The Balaban J connectivity index is 4.91. The van der Waals surface area contributed by atoms with Crippen molar-refractivity contribution in [1.82, 2.24) is 0 Å². The van der Waals surface area contributed by atoms with Crippen molar-refractivity contribution < 1.29 is 51.5 Å². The van der Waals surface area contributed by atoms with Crippen molar-refractivity contribution >= 4 is 109 Å². The molecule has 37 heavy (non-hydrogen) atoms. The molecule has 0 aliphatic carbocycles. The Labute approximate surface area is 237 Å². The Hall–Kier alpha value is 1.22. The average Bonchev–Trinajstić information content (AvgIpc) is 2.65. The summed E-state index contributed by atoms with van der Waals surface area (Å²) in [7, 11) is -35.0. The molecule has 0 N–H and O–H groups in total. The summed E-state index contributed by atoms with van der Waals surface area (Å²) < 4.78 is 110. The van der Waals surface area contributed by atoms with E-state index in [9.17, 15) is 26.8 Å². The maximum absolute atomic E-state index is 12.6. The second-order valence-electron chi connectivity index (χ2n) is 11.5. The van der Waals surface area contributed by atoms with E-state index >= 15 is 0 Å². The van der Waals surface area contributed by atoms with E-state index in [1.54, 1.807) is 26.2 Å². The first-order valence-electron chi connectivity index (χ1n) is 11.5. The molecule has 12 nitrogen and oxygen atoms in total. The molecule has 0 aromatic heterocycles. The molecule has 0 fully saturated rings. The topological polar surface area (TPSA) is 158 Å². The number of hydrogen-bond acceptors (Lipinski definition) is 12. The molecule has 0 rings (SSSR count). The maximum Gasteiger partial charge on any atom is 0.533 e. The molecule has 0 unspecified atom stereocenters. The van der Waals surface area contributed by atoms with Crippen LogP contribution in [0.15, 0.2) is 0 Å². The molecule has 0 aromatic rings. The van der Waals surface area contributed by atoms with Crippen LogP contribution in [0.4, 0.5) is 0 Å². The minimum Gasteiger partial charge on any atom is -0.558 e. The van der Waals surface area contributed by atoms with Gasteiger partial charge < -0.3 is 51.5 Å². The van der Waals surface area contributed by atoms with Crippen LogP contribution in [0.5, 0.6) is 0 Å². The van der Waals surface area contributed by atoms with Crippen molar-refractivity contribution in [3.63, 3.8) is 0 Å². The Morgan fingerprint density at radius 1 is 0.486 bits per heavy atom. The second-order valence-corrected chi connectivity index (χ2v) is 63.5. The van der Waals surface area contributed by atoms with Crippen molar-refractivity contribution in [1.29, 1.82) is 0 Å². The first-order chi connectivity index (χ1) is 16.3. The summed E-state index contributed by atoms with van der Waals surface area (Å²) in [5.74, 6) is 0. The maximum atomic E-state index is 12.6. The van der Waals surface area contributed by atoms with Gasteiger partial charge >= 0.3 is 72.7 Å². The van der Waals surface area contributed by atoms with E-state index in [-0.39, 0.29) is 0 Å². The Bertz CT molecular complexity index is 923. The van der Waals surface area contributed by atoms with Gasteiger partial charge in [0.05, 0.1) is 0 Å². The SMILES string of the molecule is C[Si](C)(C)O[Si](C)(C)O[SiH2]O[Si](C)(C)O[SiH2][Si](=O)[Si](=O)[Si](=O)[Si](=O)[Si](=O)[Si](=O)O[Si](C)(C)O[Si](C)(C)C. The third-order valence-electron chi connectivity index (χ3n) is 3.86. The van der Waals surface area contributed by atoms with Gasteiger partial charge in [0.25, 0.3) is 10.0 Å². The van der Waals surface area contributed by atoms with E-state index in [1.807, 2.05) is 32.7 Å². The number of rotatable bonds is 18. The molecule has 0 amide bonds. The van der Waals surface area contributed by atoms with Crippen molar-refractivity contribution in [3.8, 4) is 0 Å². The normalized spacial score (nSPS) is 13.8. The fourth-order valence-electron chi connectivity index (χ4n) is 2.88. The van der Waals surface area contributed by atoms with Crippen LogP contribution in [0.2, 0.25) is 78.6 Å². The van der Waals surface area contributed by atoms with Crippen molar-refractivity contribution in [2.24, 2.45) is 0 Å². The van der Waals surface area contributed by atoms with E-state index in [1.165, 1.54) is 0 Å². The first-order valence-corrected chi connectivity index (χ1v) is 44.2. The molecule has 0 aliphatic heterocycles. The fraction of sp³-hybridized carbons (Fsp3) is 1.00. The molecular weight excluding hydrogens is 701 g/mol. The zero-order chi connectivity index (χ0) is 29.6. The molecule has 0 atom stereocenters. The summed E-state index contributed by atoms with van der Waals surface area (Å²) in [5.41, 5.74) is 0. The molecule has 0 heterocycles. The molecule has 0 aliphatic rings. The molecule has 212 valence electrons. The zero-order valence-electron chi connectivity index (χ0n) is 23.8. The van der Waals surface area contributed by atoms with Crippen molar-refractivity contribution in [2.75, 3.05) is 0 Å². The monoisotopic (exact) mass is 740 g/mol. The van der Waals surface area contributed by atoms with Gasteiger partial charge in [-0.15, -0.1) is 0 Å². The van der Waals surface area contributed by atoms with Crippen LogP contribution in [0.25, 0.3) is 0 Å². The van der Waals surface area contributed by atoms with Crippen LogP contribution in [-0.4, -0.2) is 109 Å². The average molecular weight is 742 g/mol. The zero-order valence-corrected chi connectivity index (χ0v) is 37.6. The lowest BCUT2D eigenvalue weighted by Gasteiger charge is -2.32. The number of hydrogen-bond donors (Lipinski definition) is 0. The highest BCUT2D eigenvalue weighted by Crippen LogP contribution is 2.16. The van der Waals surface area contributed by atoms with Crippen LogP contribution in [-0.2, 0) is 51.5 Å². The summed E-state index contributed by atoms with van der Waals surface area (Å²) in [6.45, 7) is 22.7. The Morgan fingerprint density at radius 3 is 1.35 bits per heavy atom. The summed E-state index contributed by atoms with van der Waals surface area (Å²) in [5, 5.41) is 0. The lowest BCUT2D eigenvalue weighted by Crippen LogP contribution is -2.53. The van der Waals surface area contributed by atoms with Gasteiger partial charge in [-0.1, -0.05) is 0 Å². The molecule has 0 saturated carbocycles. The highest BCUT2D eigenvalue weighted by atomic mass is 30.0. The fourth-order valence-corrected chi connectivity index (χ4v) is 84.2. The van der Waals surface area contributed by atoms with Gasteiger partial charge in [-0.2, -0.15) is 0 Å². The van der Waals surface area contributed by atoms with Gasteiger partial charge in [-0.05, 0) is 78.6 Å². The predicted octanol–water partition coefficient (Wildman–Crippen LogP) is -0.139. The Kier molecular flexibility index (Phi) is 15.4. The van der Waals surface area contributed by atoms with Crippen LogP contribution >= 0.6 is 0 Å². The minimum atomic E-state index is -3.49. The van der Waals surface area contributed by atoms with E-state index in [2.05, 4.69) is 19.6 Å². The van der Waals surface area contributed by atoms with E-state index in [4.69, 9.17) is 24.7 Å². The highest BCUT2D eigenvalue weighted by molar-refractivity contribution is 7.69. The van der Waals surface area contributed by atoms with Gasteiger partial charge in [0.15, 0.2) is 16.6 Å². The van der Waals surface area contributed by atoms with Crippen LogP contribution in [0.1, 0.15) is 0 Å². The molecule has 25 heteroatoms.